The maximum Gasteiger partial charge on any atom is 0.241 e. The van der Waals surface area contributed by atoms with E-state index in [1.54, 1.807) is 66.7 Å². The second-order valence-electron chi connectivity index (χ2n) is 8.98. The summed E-state index contributed by atoms with van der Waals surface area (Å²) >= 11 is 9.57. The van der Waals surface area contributed by atoms with Crippen molar-refractivity contribution in [3.05, 3.63) is 98.5 Å². The van der Waals surface area contributed by atoms with Crippen molar-refractivity contribution in [2.75, 3.05) is 4.90 Å². The van der Waals surface area contributed by atoms with Crippen LogP contribution >= 0.6 is 27.5 Å². The van der Waals surface area contributed by atoms with E-state index in [0.29, 0.717) is 16.3 Å². The molecule has 3 aliphatic rings. The van der Waals surface area contributed by atoms with Crippen LogP contribution < -0.4 is 4.90 Å². The van der Waals surface area contributed by atoms with Crippen molar-refractivity contribution >= 4 is 56.6 Å². The Hall–Kier alpha value is -3.13. The summed E-state index contributed by atoms with van der Waals surface area (Å²) in [5.74, 6) is -4.63. The molecule has 2 fully saturated rings. The third-order valence-corrected chi connectivity index (χ3v) is 8.07. The molecule has 2 heterocycles. The minimum atomic E-state index is -2.09. The van der Waals surface area contributed by atoms with Crippen molar-refractivity contribution in [1.29, 1.82) is 0 Å². The molecule has 3 atom stereocenters. The van der Waals surface area contributed by atoms with Gasteiger partial charge in [-0.05, 0) is 48.4 Å². The summed E-state index contributed by atoms with van der Waals surface area (Å²) in [6.07, 6.45) is -0.977. The molecule has 2 saturated heterocycles. The van der Waals surface area contributed by atoms with Crippen molar-refractivity contribution in [2.24, 2.45) is 11.8 Å². The van der Waals surface area contributed by atoms with Gasteiger partial charge < -0.3 is 4.74 Å². The topological polar surface area (TPSA) is 80.8 Å². The van der Waals surface area contributed by atoms with Gasteiger partial charge in [-0.2, -0.15) is 0 Å². The van der Waals surface area contributed by atoms with Crippen molar-refractivity contribution in [1.82, 2.24) is 0 Å². The number of imide groups is 1. The van der Waals surface area contributed by atoms with E-state index in [-0.39, 0.29) is 11.1 Å². The van der Waals surface area contributed by atoms with Crippen LogP contribution in [0.5, 0.6) is 0 Å². The molecule has 3 aromatic carbocycles. The predicted molar refractivity (Wildman–Crippen MR) is 131 cm³/mol. The van der Waals surface area contributed by atoms with Gasteiger partial charge in [-0.3, -0.25) is 19.2 Å². The number of Topliss-reactive ketones (excluding diaryl/α,β-unsaturated/α-hetero) is 2. The minimum absolute atomic E-state index is 0.200. The van der Waals surface area contributed by atoms with E-state index in [9.17, 15) is 19.2 Å². The Balaban J connectivity index is 1.55. The van der Waals surface area contributed by atoms with Gasteiger partial charge >= 0.3 is 0 Å². The molecule has 3 aromatic rings. The number of aryl methyl sites for hydroxylation is 1. The number of halogens is 2. The van der Waals surface area contributed by atoms with Crippen molar-refractivity contribution < 1.29 is 23.9 Å². The van der Waals surface area contributed by atoms with Crippen LogP contribution in [0.15, 0.2) is 71.2 Å². The predicted octanol–water partition coefficient (Wildman–Crippen LogP) is 5.11. The Labute approximate surface area is 214 Å². The molecule has 2 amide bonds. The molecule has 8 heteroatoms. The number of hydrogen-bond acceptors (Lipinski definition) is 5. The third kappa shape index (κ3) is 2.92. The standard InChI is InChI=1S/C27H17BrClNO5/c1-13-12-14(6-11-19(13)29)22-20-21(26(34)30(25(20)33)16-9-7-15(28)8-10-16)27(35-22)23(31)17-4-2-3-5-18(17)24(27)32/h2-12,20-22H,1H3. The van der Waals surface area contributed by atoms with Gasteiger partial charge in [0.15, 0.2) is 0 Å². The van der Waals surface area contributed by atoms with Crippen LogP contribution in [-0.2, 0) is 14.3 Å². The molecule has 6 rings (SSSR count). The van der Waals surface area contributed by atoms with Crippen molar-refractivity contribution in [3.63, 3.8) is 0 Å². The zero-order chi connectivity index (χ0) is 24.6. The number of rotatable bonds is 2. The highest BCUT2D eigenvalue weighted by molar-refractivity contribution is 9.10. The van der Waals surface area contributed by atoms with E-state index in [0.717, 1.165) is 14.9 Å². The molecule has 0 N–H and O–H groups in total. The summed E-state index contributed by atoms with van der Waals surface area (Å²) in [6.45, 7) is 1.81. The average Bonchev–Trinajstić information content (AvgIpc) is 3.42. The fourth-order valence-electron chi connectivity index (χ4n) is 5.51. The number of ketones is 2. The highest BCUT2D eigenvalue weighted by Crippen LogP contribution is 2.57. The maximum atomic E-state index is 13.9. The molecule has 3 unspecified atom stereocenters. The van der Waals surface area contributed by atoms with E-state index in [1.165, 1.54) is 0 Å². The molecule has 0 aromatic heterocycles. The van der Waals surface area contributed by atoms with Crippen LogP contribution in [0.4, 0.5) is 5.69 Å². The van der Waals surface area contributed by atoms with E-state index < -0.39 is 46.9 Å². The van der Waals surface area contributed by atoms with Gasteiger partial charge in [0.25, 0.3) is 0 Å². The smallest absolute Gasteiger partial charge is 0.241 e. The molecule has 0 saturated carbocycles. The Bertz CT molecular complexity index is 1430. The second kappa shape index (κ2) is 7.68. The Morgan fingerprint density at radius 3 is 2.11 bits per heavy atom. The van der Waals surface area contributed by atoms with E-state index in [2.05, 4.69) is 15.9 Å². The largest absolute Gasteiger partial charge is 0.349 e. The molecule has 174 valence electrons. The first-order valence-corrected chi connectivity index (χ1v) is 12.2. The van der Waals surface area contributed by atoms with E-state index in [1.807, 2.05) is 6.92 Å². The molecule has 1 spiro atoms. The zero-order valence-electron chi connectivity index (χ0n) is 18.3. The Morgan fingerprint density at radius 1 is 0.886 bits per heavy atom. The van der Waals surface area contributed by atoms with Gasteiger partial charge in [0.05, 0.1) is 23.6 Å². The summed E-state index contributed by atoms with van der Waals surface area (Å²) in [5.41, 5.74) is 0.00390. The van der Waals surface area contributed by atoms with Crippen molar-refractivity contribution in [3.8, 4) is 0 Å². The van der Waals surface area contributed by atoms with Crippen LogP contribution in [-0.4, -0.2) is 29.0 Å². The number of carbonyl (C=O) groups is 4. The quantitative estimate of drug-likeness (QED) is 0.327. The fraction of sp³-hybridized carbons (Fsp3) is 0.185. The molecular formula is C27H17BrClNO5. The van der Waals surface area contributed by atoms with Crippen LogP contribution in [0, 0.1) is 18.8 Å². The summed E-state index contributed by atoms with van der Waals surface area (Å²) in [4.78, 5) is 56.3. The maximum absolute atomic E-state index is 13.9. The third-order valence-electron chi connectivity index (χ3n) is 7.11. The number of fused-ring (bicyclic) bond motifs is 3. The number of carbonyl (C=O) groups excluding carboxylic acids is 4. The summed E-state index contributed by atoms with van der Waals surface area (Å²) < 4.78 is 7.07. The number of ether oxygens (including phenoxy) is 1. The Kier molecular flexibility index (Phi) is 4.90. The van der Waals surface area contributed by atoms with Gasteiger partial charge in [-0.15, -0.1) is 0 Å². The van der Waals surface area contributed by atoms with E-state index >= 15 is 0 Å². The molecular weight excluding hydrogens is 534 g/mol. The summed E-state index contributed by atoms with van der Waals surface area (Å²) in [7, 11) is 0. The SMILES string of the molecule is Cc1cc(C2OC3(C(=O)c4ccccc4C3=O)C3C(=O)N(c4ccc(Br)cc4)C(=O)C23)ccc1Cl. The molecule has 0 radical (unpaired) electrons. The lowest BCUT2D eigenvalue weighted by molar-refractivity contribution is -0.127. The lowest BCUT2D eigenvalue weighted by Gasteiger charge is -2.27. The normalized spacial score (nSPS) is 24.4. The summed E-state index contributed by atoms with van der Waals surface area (Å²) in [5, 5.41) is 0.531. The fourth-order valence-corrected chi connectivity index (χ4v) is 5.89. The van der Waals surface area contributed by atoms with Gasteiger partial charge in [-0.1, -0.05) is 63.9 Å². The van der Waals surface area contributed by atoms with Crippen LogP contribution in [0.2, 0.25) is 5.02 Å². The zero-order valence-corrected chi connectivity index (χ0v) is 20.7. The average molecular weight is 551 g/mol. The Morgan fingerprint density at radius 2 is 1.51 bits per heavy atom. The molecule has 1 aliphatic carbocycles. The lowest BCUT2D eigenvalue weighted by Crippen LogP contribution is -2.51. The molecule has 0 bridgehead atoms. The molecule has 2 aliphatic heterocycles. The van der Waals surface area contributed by atoms with Gasteiger partial charge in [0.1, 0.15) is 0 Å². The van der Waals surface area contributed by atoms with Gasteiger partial charge in [-0.25, -0.2) is 4.90 Å². The second-order valence-corrected chi connectivity index (χ2v) is 10.3. The summed E-state index contributed by atoms with van der Waals surface area (Å²) in [6, 6.07) is 18.3. The number of hydrogen-bond donors (Lipinski definition) is 0. The van der Waals surface area contributed by atoms with Crippen molar-refractivity contribution in [2.45, 2.75) is 18.6 Å². The minimum Gasteiger partial charge on any atom is -0.349 e. The highest BCUT2D eigenvalue weighted by Gasteiger charge is 2.74. The monoisotopic (exact) mass is 549 g/mol. The number of anilines is 1. The first kappa shape index (κ1) is 22.3. The number of nitrogens with zero attached hydrogens (tertiary/aromatic N) is 1. The number of benzene rings is 3. The van der Waals surface area contributed by atoms with Gasteiger partial charge in [0.2, 0.25) is 29.0 Å². The molecule has 35 heavy (non-hydrogen) atoms. The molecule has 6 nitrogen and oxygen atoms in total. The van der Waals surface area contributed by atoms with Gasteiger partial charge in [0, 0.05) is 20.6 Å². The first-order chi connectivity index (χ1) is 16.8. The van der Waals surface area contributed by atoms with E-state index in [4.69, 9.17) is 16.3 Å². The lowest BCUT2D eigenvalue weighted by atomic mass is 9.77. The number of amides is 2. The van der Waals surface area contributed by atoms with Crippen LogP contribution in [0.25, 0.3) is 0 Å². The highest BCUT2D eigenvalue weighted by atomic mass is 79.9. The first-order valence-electron chi connectivity index (χ1n) is 11.0. The van der Waals surface area contributed by atoms with Crippen LogP contribution in [0.1, 0.15) is 37.9 Å². The van der Waals surface area contributed by atoms with Crippen LogP contribution in [0.3, 0.4) is 0 Å².